The Morgan fingerprint density at radius 2 is 1.59 bits per heavy atom. The topological polar surface area (TPSA) is 219 Å². The molecule has 17 heteroatoms. The largest absolute Gasteiger partial charge is 0.480 e. The minimum atomic E-state index is -1.15. The first-order valence-corrected chi connectivity index (χ1v) is 23.3. The highest BCUT2D eigenvalue weighted by Crippen LogP contribution is 2.43. The van der Waals surface area contributed by atoms with E-state index < -0.39 is 54.2 Å². The molecule has 4 rings (SSSR count). The second-order valence-electron chi connectivity index (χ2n) is 17.4. The van der Waals surface area contributed by atoms with E-state index in [1.807, 2.05) is 32.0 Å². The molecule has 64 heavy (non-hydrogen) atoms. The van der Waals surface area contributed by atoms with Gasteiger partial charge in [-0.1, -0.05) is 77.8 Å². The lowest BCUT2D eigenvalue weighted by Gasteiger charge is -2.39. The first-order chi connectivity index (χ1) is 30.7. The Bertz CT molecular complexity index is 1620. The molecule has 17 nitrogen and oxygen atoms in total. The third-order valence-electron chi connectivity index (χ3n) is 12.9. The number of rotatable bonds is 26. The van der Waals surface area contributed by atoms with Crippen LogP contribution in [0, 0.1) is 17.8 Å². The van der Waals surface area contributed by atoms with Crippen molar-refractivity contribution in [2.45, 2.75) is 141 Å². The number of benzene rings is 1. The molecular weight excluding hydrogens is 825 g/mol. The van der Waals surface area contributed by atoms with Crippen LogP contribution in [0.15, 0.2) is 30.3 Å². The fourth-order valence-electron chi connectivity index (χ4n) is 9.45. The van der Waals surface area contributed by atoms with E-state index in [-0.39, 0.29) is 73.9 Å². The predicted molar refractivity (Wildman–Crippen MR) is 242 cm³/mol. The molecule has 0 spiro atoms. The molecule has 2 aliphatic heterocycles. The Hall–Kier alpha value is -4.16. The minimum absolute atomic E-state index is 0.0155. The van der Waals surface area contributed by atoms with Crippen LogP contribution in [0.5, 0.6) is 0 Å². The highest BCUT2D eigenvalue weighted by atomic mass is 16.5. The first-order valence-electron chi connectivity index (χ1n) is 23.3. The van der Waals surface area contributed by atoms with Gasteiger partial charge < -0.3 is 55.1 Å². The summed E-state index contributed by atoms with van der Waals surface area (Å²) >= 11 is 0. The highest BCUT2D eigenvalue weighted by molar-refractivity contribution is 5.92. The van der Waals surface area contributed by atoms with Gasteiger partial charge in [0, 0.05) is 46.8 Å². The summed E-state index contributed by atoms with van der Waals surface area (Å²) in [5, 5.41) is 15.4. The molecule has 1 saturated carbocycles. The molecule has 3 aliphatic rings. The van der Waals surface area contributed by atoms with Crippen LogP contribution in [0.3, 0.4) is 0 Å². The van der Waals surface area contributed by atoms with Crippen LogP contribution in [0.4, 0.5) is 0 Å². The second kappa shape index (κ2) is 28.0. The number of fused-ring (bicyclic) bond motifs is 2. The number of methoxy groups -OCH3 is 2. The van der Waals surface area contributed by atoms with Crippen molar-refractivity contribution in [2.75, 3.05) is 67.3 Å². The molecule has 10 atom stereocenters. The highest BCUT2D eigenvalue weighted by Gasteiger charge is 2.51. The number of ether oxygens (including phenoxy) is 4. The zero-order valence-corrected chi connectivity index (χ0v) is 39.6. The van der Waals surface area contributed by atoms with Crippen LogP contribution in [0.25, 0.3) is 0 Å². The predicted octanol–water partition coefficient (Wildman–Crippen LogP) is 3.01. The number of carboxylic acids is 1. The van der Waals surface area contributed by atoms with E-state index in [0.29, 0.717) is 52.2 Å². The number of carbonyl (C=O) groups excluding carboxylic acids is 5. The van der Waals surface area contributed by atoms with E-state index in [9.17, 15) is 33.9 Å². The number of hydrogen-bond acceptors (Lipinski definition) is 11. The third-order valence-corrected chi connectivity index (χ3v) is 12.9. The van der Waals surface area contributed by atoms with Gasteiger partial charge in [-0.25, -0.2) is 4.79 Å². The molecule has 1 aromatic rings. The summed E-state index contributed by atoms with van der Waals surface area (Å²) in [5.74, 6) is -3.56. The maximum atomic E-state index is 14.2. The average molecular weight is 903 g/mol. The van der Waals surface area contributed by atoms with Crippen LogP contribution < -0.4 is 16.4 Å². The van der Waals surface area contributed by atoms with Crippen molar-refractivity contribution in [1.29, 1.82) is 0 Å². The van der Waals surface area contributed by atoms with Crippen molar-refractivity contribution in [1.82, 2.24) is 25.3 Å². The Morgan fingerprint density at radius 3 is 2.20 bits per heavy atom. The lowest BCUT2D eigenvalue weighted by Crippen LogP contribution is -2.56. The van der Waals surface area contributed by atoms with Crippen molar-refractivity contribution >= 4 is 35.5 Å². The van der Waals surface area contributed by atoms with Gasteiger partial charge >= 0.3 is 5.97 Å². The summed E-state index contributed by atoms with van der Waals surface area (Å²) in [7, 11) is 4.64. The summed E-state index contributed by atoms with van der Waals surface area (Å²) in [6, 6.07) is 6.27. The maximum absolute atomic E-state index is 14.2. The van der Waals surface area contributed by atoms with Gasteiger partial charge in [0.15, 0.2) is 0 Å². The Balaban J connectivity index is 0.00000353. The van der Waals surface area contributed by atoms with Crippen LogP contribution in [0.1, 0.15) is 98.0 Å². The molecule has 0 radical (unpaired) electrons. The fourth-order valence-corrected chi connectivity index (χ4v) is 9.45. The van der Waals surface area contributed by atoms with Gasteiger partial charge in [0.1, 0.15) is 12.1 Å². The summed E-state index contributed by atoms with van der Waals surface area (Å²) in [5.41, 5.74) is 6.20. The Kier molecular flexibility index (Phi) is 23.7. The summed E-state index contributed by atoms with van der Waals surface area (Å²) in [6.45, 7) is 11.9. The average Bonchev–Trinajstić information content (AvgIpc) is 4.06. The Morgan fingerprint density at radius 1 is 0.922 bits per heavy atom. The summed E-state index contributed by atoms with van der Waals surface area (Å²) < 4.78 is 22.7. The molecule has 1 aliphatic carbocycles. The smallest absolute Gasteiger partial charge is 0.326 e. The number of nitrogens with one attached hydrogen (secondary N) is 2. The molecule has 2 saturated heterocycles. The molecule has 1 aromatic carbocycles. The number of amides is 5. The van der Waals surface area contributed by atoms with E-state index in [0.717, 1.165) is 24.8 Å². The number of nitrogens with zero attached hydrogens (tertiary/aromatic N) is 3. The first kappa shape index (κ1) is 54.2. The number of likely N-dealkylation sites (tertiary alicyclic amines) is 2. The quantitative estimate of drug-likeness (QED) is 0.0987. The van der Waals surface area contributed by atoms with Gasteiger partial charge in [0.2, 0.25) is 29.5 Å². The normalized spacial score (nSPS) is 21.8. The molecule has 2 heterocycles. The number of likely N-dealkylation sites (N-methyl/N-ethyl adjacent to an activating group) is 1. The van der Waals surface area contributed by atoms with Crippen LogP contribution >= 0.6 is 0 Å². The van der Waals surface area contributed by atoms with Gasteiger partial charge in [-0.2, -0.15) is 0 Å². The minimum Gasteiger partial charge on any atom is -0.480 e. The van der Waals surface area contributed by atoms with Crippen LogP contribution in [-0.4, -0.2) is 165 Å². The second-order valence-corrected chi connectivity index (χ2v) is 17.4. The Labute approximate surface area is 380 Å². The molecule has 3 fully saturated rings. The molecule has 9 unspecified atom stereocenters. The molecule has 362 valence electrons. The van der Waals surface area contributed by atoms with Gasteiger partial charge in [0.05, 0.1) is 76.0 Å². The van der Waals surface area contributed by atoms with Crippen LogP contribution in [0.2, 0.25) is 0 Å². The van der Waals surface area contributed by atoms with Crippen LogP contribution in [-0.2, 0) is 54.1 Å². The monoisotopic (exact) mass is 903 g/mol. The zero-order valence-electron chi connectivity index (χ0n) is 39.6. The number of aliphatic carboxylic acids is 1. The molecular formula is C47H78N6O11. The van der Waals surface area contributed by atoms with Gasteiger partial charge in [0.25, 0.3) is 0 Å². The lowest BCUT2D eigenvalue weighted by molar-refractivity contribution is -0.147. The number of hydrogen-bond donors (Lipinski definition) is 4. The van der Waals surface area contributed by atoms with E-state index in [1.54, 1.807) is 40.8 Å². The van der Waals surface area contributed by atoms with E-state index in [1.165, 1.54) is 20.6 Å². The third kappa shape index (κ3) is 15.2. The molecule has 5 N–H and O–H groups in total. The van der Waals surface area contributed by atoms with Gasteiger partial charge in [-0.15, -0.1) is 0 Å². The molecule has 2 bridgehead atoms. The number of carboxylic acid groups (broad SMARTS) is 1. The van der Waals surface area contributed by atoms with E-state index in [2.05, 4.69) is 24.5 Å². The van der Waals surface area contributed by atoms with Crippen molar-refractivity contribution in [2.24, 2.45) is 23.5 Å². The van der Waals surface area contributed by atoms with Gasteiger partial charge in [-0.05, 0) is 49.5 Å². The van der Waals surface area contributed by atoms with Crippen molar-refractivity contribution in [3.63, 3.8) is 0 Å². The van der Waals surface area contributed by atoms with Crippen molar-refractivity contribution < 1.29 is 52.8 Å². The standard InChI is InChI=1S/C44H70N6O11.C3H8/c1-7-28(2)39(48(4)38(53)27-46-43(55)40-31-15-16-32(25-31)50(40)36(51)17-20-60-22-23-61-21-18-45)35(58-5)26-37(52)49-19-11-14-34(49)41(59-6)29(3)42(54)47-33(44(56)57)24-30-12-9-8-10-13-30;1-3-2/h8-10,12-13,28-29,31-35,39-41H,7,11,14-27,45H2,1-6H3,(H,46,55)(H,47,54)(H,56,57);3H2,1-2H3/t28?,29?,31?,32?,33-,34?,35?,39?,40?,41?;/m0./s1. The maximum Gasteiger partial charge on any atom is 0.326 e. The van der Waals surface area contributed by atoms with Crippen molar-refractivity contribution in [3.05, 3.63) is 35.9 Å². The molecule has 5 amide bonds. The van der Waals surface area contributed by atoms with E-state index >= 15 is 0 Å². The number of nitrogens with two attached hydrogens (primary N) is 1. The zero-order chi connectivity index (χ0) is 47.3. The number of piperidine rings is 1. The van der Waals surface area contributed by atoms with Gasteiger partial charge in [-0.3, -0.25) is 24.0 Å². The lowest BCUT2D eigenvalue weighted by atomic mass is 9.90. The number of carbonyl (C=O) groups is 6. The molecule has 0 aromatic heterocycles. The SMILES string of the molecule is CCC.CCC(C)C(C(CC(=O)N1CCCC1C(OC)C(C)C(=O)N[C@@H](Cc1ccccc1)C(=O)O)OC)N(C)C(=O)CNC(=O)C1C2CCC(C2)N1C(=O)CCOCCOCCN. The fraction of sp³-hybridized carbons (Fsp3) is 0.745. The summed E-state index contributed by atoms with van der Waals surface area (Å²) in [4.78, 5) is 85.6. The van der Waals surface area contributed by atoms with E-state index in [4.69, 9.17) is 24.7 Å². The summed E-state index contributed by atoms with van der Waals surface area (Å²) in [6.07, 6.45) is 4.43. The van der Waals surface area contributed by atoms with Crippen molar-refractivity contribution in [3.8, 4) is 0 Å².